The lowest BCUT2D eigenvalue weighted by Crippen LogP contribution is -2.61. The second-order valence-corrected chi connectivity index (χ2v) is 9.94. The van der Waals surface area contributed by atoms with Gasteiger partial charge in [0.2, 0.25) is 11.8 Å². The molecule has 39 heavy (non-hydrogen) atoms. The Morgan fingerprint density at radius 2 is 1.97 bits per heavy atom. The zero-order chi connectivity index (χ0) is 27.5. The number of imidazole rings is 1. The van der Waals surface area contributed by atoms with Gasteiger partial charge in [-0.1, -0.05) is 6.07 Å². The molecule has 1 atom stereocenters. The number of benzene rings is 1. The van der Waals surface area contributed by atoms with Gasteiger partial charge in [0.25, 0.3) is 5.92 Å². The summed E-state index contributed by atoms with van der Waals surface area (Å²) < 4.78 is 82.8. The van der Waals surface area contributed by atoms with Gasteiger partial charge in [-0.15, -0.1) is 5.10 Å². The van der Waals surface area contributed by atoms with Crippen molar-refractivity contribution in [1.29, 1.82) is 0 Å². The van der Waals surface area contributed by atoms with Gasteiger partial charge in [-0.3, -0.25) is 4.90 Å². The Kier molecular flexibility index (Phi) is 6.14. The fraction of sp³-hybridized carbons (Fsp3) is 0.480. The van der Waals surface area contributed by atoms with Crippen molar-refractivity contribution in [2.75, 3.05) is 38.7 Å². The summed E-state index contributed by atoms with van der Waals surface area (Å²) in [5, 5.41) is 7.17. The highest BCUT2D eigenvalue weighted by molar-refractivity contribution is 5.89. The van der Waals surface area contributed by atoms with Crippen molar-refractivity contribution in [1.82, 2.24) is 29.0 Å². The van der Waals surface area contributed by atoms with Crippen LogP contribution in [0.2, 0.25) is 0 Å². The van der Waals surface area contributed by atoms with Crippen LogP contribution < -0.4 is 10.1 Å². The van der Waals surface area contributed by atoms with Gasteiger partial charge in [-0.2, -0.15) is 18.2 Å². The number of anilines is 1. The molecule has 14 heteroatoms. The SMILES string of the molecule is COc1nc(NC2CCN(C3COC3)CC2(F)F)nn2ccc(-c3ccc4nc(C)n(CC(F)(F)F)c4c3)c12. The zero-order valence-corrected chi connectivity index (χ0v) is 21.2. The van der Waals surface area contributed by atoms with E-state index in [0.717, 1.165) is 4.57 Å². The minimum atomic E-state index is -4.41. The molecule has 2 saturated heterocycles. The first-order valence-electron chi connectivity index (χ1n) is 12.5. The monoisotopic (exact) mass is 551 g/mol. The Morgan fingerprint density at radius 3 is 2.64 bits per heavy atom. The molecule has 0 saturated carbocycles. The molecule has 0 bridgehead atoms. The van der Waals surface area contributed by atoms with Crippen molar-refractivity contribution in [3.63, 3.8) is 0 Å². The average Bonchev–Trinajstić information content (AvgIpc) is 3.38. The number of halogens is 5. The number of aryl methyl sites for hydroxylation is 1. The van der Waals surface area contributed by atoms with Gasteiger partial charge in [0.15, 0.2) is 0 Å². The quantitative estimate of drug-likeness (QED) is 0.361. The molecular weight excluding hydrogens is 525 g/mol. The van der Waals surface area contributed by atoms with Gasteiger partial charge in [0.1, 0.15) is 17.9 Å². The number of piperidine rings is 1. The fourth-order valence-electron chi connectivity index (χ4n) is 5.26. The second kappa shape index (κ2) is 9.30. The molecule has 0 spiro atoms. The van der Waals surface area contributed by atoms with E-state index in [0.29, 0.717) is 47.4 Å². The van der Waals surface area contributed by atoms with E-state index in [-0.39, 0.29) is 36.7 Å². The van der Waals surface area contributed by atoms with Crippen LogP contribution in [0.15, 0.2) is 30.5 Å². The van der Waals surface area contributed by atoms with Crippen LogP contribution >= 0.6 is 0 Å². The highest BCUT2D eigenvalue weighted by Gasteiger charge is 2.47. The van der Waals surface area contributed by atoms with E-state index in [4.69, 9.17) is 9.47 Å². The third-order valence-electron chi connectivity index (χ3n) is 7.33. The number of methoxy groups -OCH3 is 1. The summed E-state index contributed by atoms with van der Waals surface area (Å²) in [6.45, 7) is 1.44. The predicted molar refractivity (Wildman–Crippen MR) is 132 cm³/mol. The molecular formula is C25H26F5N7O2. The highest BCUT2D eigenvalue weighted by atomic mass is 19.4. The molecule has 4 aromatic rings. The largest absolute Gasteiger partial charge is 0.479 e. The lowest BCUT2D eigenvalue weighted by Gasteiger charge is -2.44. The molecule has 0 amide bonds. The molecule has 9 nitrogen and oxygen atoms in total. The third-order valence-corrected chi connectivity index (χ3v) is 7.33. The molecule has 2 aliphatic rings. The molecule has 2 aliphatic heterocycles. The third kappa shape index (κ3) is 4.75. The van der Waals surface area contributed by atoms with Gasteiger partial charge < -0.3 is 19.4 Å². The molecule has 6 rings (SSSR count). The molecule has 2 fully saturated rings. The smallest absolute Gasteiger partial charge is 0.406 e. The predicted octanol–water partition coefficient (Wildman–Crippen LogP) is 4.15. The highest BCUT2D eigenvalue weighted by Crippen LogP contribution is 2.35. The number of hydrogen-bond donors (Lipinski definition) is 1. The van der Waals surface area contributed by atoms with Crippen molar-refractivity contribution in [3.8, 4) is 17.0 Å². The summed E-state index contributed by atoms with van der Waals surface area (Å²) >= 11 is 0. The van der Waals surface area contributed by atoms with Crippen LogP contribution in [-0.2, 0) is 11.3 Å². The molecule has 1 aromatic carbocycles. The Labute approximate surface area is 219 Å². The topological polar surface area (TPSA) is 81.7 Å². The van der Waals surface area contributed by atoms with E-state index < -0.39 is 24.7 Å². The van der Waals surface area contributed by atoms with Gasteiger partial charge >= 0.3 is 6.18 Å². The van der Waals surface area contributed by atoms with Crippen LogP contribution in [0.3, 0.4) is 0 Å². The molecule has 1 unspecified atom stereocenters. The summed E-state index contributed by atoms with van der Waals surface area (Å²) in [6, 6.07) is 5.62. The number of fused-ring (bicyclic) bond motifs is 2. The molecule has 5 heterocycles. The average molecular weight is 552 g/mol. The molecule has 1 N–H and O–H groups in total. The Balaban J connectivity index is 1.31. The molecule has 208 valence electrons. The summed E-state index contributed by atoms with van der Waals surface area (Å²) in [5.74, 6) is -2.63. The van der Waals surface area contributed by atoms with Crippen LogP contribution in [-0.4, -0.2) is 86.6 Å². The van der Waals surface area contributed by atoms with E-state index in [2.05, 4.69) is 20.4 Å². The van der Waals surface area contributed by atoms with Crippen molar-refractivity contribution < 1.29 is 31.4 Å². The van der Waals surface area contributed by atoms with Gasteiger partial charge in [-0.05, 0) is 37.1 Å². The van der Waals surface area contributed by atoms with E-state index in [1.54, 1.807) is 35.4 Å². The van der Waals surface area contributed by atoms with Gasteiger partial charge in [0, 0.05) is 18.3 Å². The van der Waals surface area contributed by atoms with Gasteiger partial charge in [0.05, 0.1) is 50.0 Å². The van der Waals surface area contributed by atoms with E-state index >= 15 is 0 Å². The number of likely N-dealkylation sites (tertiary alicyclic amines) is 1. The zero-order valence-electron chi connectivity index (χ0n) is 21.2. The number of alkyl halides is 5. The lowest BCUT2D eigenvalue weighted by molar-refractivity contribution is -0.140. The first kappa shape index (κ1) is 25.7. The minimum absolute atomic E-state index is 0.0130. The summed E-state index contributed by atoms with van der Waals surface area (Å²) in [4.78, 5) is 10.4. The number of rotatable bonds is 6. The van der Waals surface area contributed by atoms with Crippen molar-refractivity contribution >= 4 is 22.5 Å². The van der Waals surface area contributed by atoms with Crippen molar-refractivity contribution in [3.05, 3.63) is 36.3 Å². The number of ether oxygens (including phenoxy) is 2. The normalized spacial score (nSPS) is 20.4. The van der Waals surface area contributed by atoms with E-state index in [1.807, 2.05) is 0 Å². The molecule has 3 aromatic heterocycles. The summed E-state index contributed by atoms with van der Waals surface area (Å²) in [7, 11) is 1.40. The first-order chi connectivity index (χ1) is 18.5. The van der Waals surface area contributed by atoms with E-state index in [9.17, 15) is 22.0 Å². The fourth-order valence-corrected chi connectivity index (χ4v) is 5.26. The van der Waals surface area contributed by atoms with Crippen LogP contribution in [0, 0.1) is 6.92 Å². The van der Waals surface area contributed by atoms with Gasteiger partial charge in [-0.25, -0.2) is 18.3 Å². The first-order valence-corrected chi connectivity index (χ1v) is 12.5. The van der Waals surface area contributed by atoms with E-state index in [1.165, 1.54) is 18.5 Å². The Bertz CT molecular complexity index is 1530. The summed E-state index contributed by atoms with van der Waals surface area (Å²) in [5.41, 5.74) is 2.44. The number of hydrogen-bond acceptors (Lipinski definition) is 7. The van der Waals surface area contributed by atoms with Crippen molar-refractivity contribution in [2.24, 2.45) is 0 Å². The number of aromatic nitrogens is 5. The number of nitrogens with one attached hydrogen (secondary N) is 1. The second-order valence-electron chi connectivity index (χ2n) is 9.94. The Morgan fingerprint density at radius 1 is 1.18 bits per heavy atom. The molecule has 0 aliphatic carbocycles. The standard InChI is InChI=1S/C25H26F5N7O2/c1-14-31-18-4-3-15(9-19(18)36(14)13-25(28,29)30)17-5-8-37-21(17)22(38-2)33-23(34-37)32-20-6-7-35(12-24(20,26)27)16-10-39-11-16/h3-5,8-9,16,20H,6-7,10-13H2,1-2H3,(H,32,34). The van der Waals surface area contributed by atoms with Crippen LogP contribution in [0.5, 0.6) is 5.88 Å². The number of nitrogens with zero attached hydrogens (tertiary/aromatic N) is 6. The minimum Gasteiger partial charge on any atom is -0.479 e. The van der Waals surface area contributed by atoms with Crippen LogP contribution in [0.4, 0.5) is 27.9 Å². The molecule has 0 radical (unpaired) electrons. The Hall–Kier alpha value is -3.52. The maximum atomic E-state index is 15.0. The maximum absolute atomic E-state index is 15.0. The summed E-state index contributed by atoms with van der Waals surface area (Å²) in [6.07, 6.45) is -2.58. The van der Waals surface area contributed by atoms with Crippen LogP contribution in [0.1, 0.15) is 12.2 Å². The maximum Gasteiger partial charge on any atom is 0.406 e. The van der Waals surface area contributed by atoms with Crippen LogP contribution in [0.25, 0.3) is 27.7 Å². The van der Waals surface area contributed by atoms with Crippen molar-refractivity contribution in [2.45, 2.75) is 44.1 Å². The lowest BCUT2D eigenvalue weighted by atomic mass is 9.98.